The molecule has 8 heteroatoms. The van der Waals surface area contributed by atoms with Crippen molar-refractivity contribution in [1.29, 1.82) is 0 Å². The summed E-state index contributed by atoms with van der Waals surface area (Å²) in [5, 5.41) is 2.79. The number of halogens is 1. The monoisotopic (exact) mass is 375 g/mol. The van der Waals surface area contributed by atoms with E-state index in [0.717, 1.165) is 18.4 Å². The van der Waals surface area contributed by atoms with Crippen molar-refractivity contribution in [2.75, 3.05) is 6.54 Å². The predicted octanol–water partition coefficient (Wildman–Crippen LogP) is 1.34. The minimum absolute atomic E-state index is 0. The molecule has 1 aliphatic rings. The molecule has 2 rings (SSSR count). The first kappa shape index (κ1) is 20.9. The van der Waals surface area contributed by atoms with Gasteiger partial charge in [-0.2, -0.15) is 0 Å². The number of carbonyl (C=O) groups excluding carboxylic acids is 1. The summed E-state index contributed by atoms with van der Waals surface area (Å²) in [6.45, 7) is 4.13. The van der Waals surface area contributed by atoms with Crippen LogP contribution in [0.15, 0.2) is 29.2 Å². The molecule has 1 aromatic rings. The smallest absolute Gasteiger partial charge is 0.240 e. The molecule has 0 bridgehead atoms. The SMILES string of the molecule is CC(C)(N)CNC(=O)CCc1ccc(S(=O)(=O)NC2CC2)cc1.Cl. The van der Waals surface area contributed by atoms with Gasteiger partial charge >= 0.3 is 0 Å². The van der Waals surface area contributed by atoms with Gasteiger partial charge in [-0.15, -0.1) is 12.4 Å². The van der Waals surface area contributed by atoms with Gasteiger partial charge in [0, 0.05) is 24.5 Å². The molecule has 0 aliphatic heterocycles. The second-order valence-electron chi connectivity index (χ2n) is 6.80. The summed E-state index contributed by atoms with van der Waals surface area (Å²) in [4.78, 5) is 12.0. The van der Waals surface area contributed by atoms with Crippen molar-refractivity contribution in [3.05, 3.63) is 29.8 Å². The molecule has 24 heavy (non-hydrogen) atoms. The van der Waals surface area contributed by atoms with Crippen LogP contribution in [0, 0.1) is 0 Å². The minimum Gasteiger partial charge on any atom is -0.354 e. The number of nitrogens with one attached hydrogen (secondary N) is 2. The highest BCUT2D eigenvalue weighted by atomic mass is 35.5. The molecule has 0 atom stereocenters. The number of sulfonamides is 1. The average Bonchev–Trinajstić information content (AvgIpc) is 3.26. The van der Waals surface area contributed by atoms with Crippen LogP contribution in [0.25, 0.3) is 0 Å². The molecule has 1 fully saturated rings. The highest BCUT2D eigenvalue weighted by molar-refractivity contribution is 7.89. The van der Waals surface area contributed by atoms with Crippen LogP contribution in [-0.2, 0) is 21.2 Å². The number of nitrogens with two attached hydrogens (primary N) is 1. The van der Waals surface area contributed by atoms with Gasteiger partial charge in [-0.1, -0.05) is 12.1 Å². The zero-order valence-electron chi connectivity index (χ0n) is 14.0. The van der Waals surface area contributed by atoms with E-state index in [-0.39, 0.29) is 29.3 Å². The van der Waals surface area contributed by atoms with Gasteiger partial charge in [-0.25, -0.2) is 13.1 Å². The molecular formula is C16H26ClN3O3S. The quantitative estimate of drug-likeness (QED) is 0.638. The van der Waals surface area contributed by atoms with Crippen molar-refractivity contribution in [1.82, 2.24) is 10.0 Å². The Balaban J connectivity index is 0.00000288. The number of aryl methyl sites for hydroxylation is 1. The zero-order valence-corrected chi connectivity index (χ0v) is 15.7. The van der Waals surface area contributed by atoms with Crippen LogP contribution >= 0.6 is 12.4 Å². The van der Waals surface area contributed by atoms with E-state index in [2.05, 4.69) is 10.0 Å². The largest absolute Gasteiger partial charge is 0.354 e. The molecule has 1 aliphatic carbocycles. The Morgan fingerprint density at radius 3 is 2.33 bits per heavy atom. The molecule has 136 valence electrons. The third-order valence-corrected chi connectivity index (χ3v) is 5.05. The Kier molecular flexibility index (Phi) is 7.22. The highest BCUT2D eigenvalue weighted by Crippen LogP contribution is 2.22. The third-order valence-electron chi connectivity index (χ3n) is 3.51. The number of amides is 1. The molecule has 0 radical (unpaired) electrons. The van der Waals surface area contributed by atoms with Crippen LogP contribution in [0.2, 0.25) is 0 Å². The molecule has 4 N–H and O–H groups in total. The zero-order chi connectivity index (χ0) is 17.1. The Hall–Kier alpha value is -1.15. The summed E-state index contributed by atoms with van der Waals surface area (Å²) in [5.41, 5.74) is 6.31. The van der Waals surface area contributed by atoms with Gasteiger partial charge in [0.25, 0.3) is 0 Å². The lowest BCUT2D eigenvalue weighted by atomic mass is 10.1. The van der Waals surface area contributed by atoms with Gasteiger partial charge in [-0.05, 0) is 50.8 Å². The number of hydrogen-bond acceptors (Lipinski definition) is 4. The molecule has 0 saturated heterocycles. The molecule has 1 aromatic carbocycles. The van der Waals surface area contributed by atoms with E-state index in [1.165, 1.54) is 0 Å². The van der Waals surface area contributed by atoms with Crippen LogP contribution in [0.1, 0.15) is 38.7 Å². The molecule has 6 nitrogen and oxygen atoms in total. The summed E-state index contributed by atoms with van der Waals surface area (Å²) in [7, 11) is -3.41. The van der Waals surface area contributed by atoms with Gasteiger partial charge in [0.1, 0.15) is 0 Å². The second kappa shape index (κ2) is 8.29. The lowest BCUT2D eigenvalue weighted by molar-refractivity contribution is -0.121. The minimum atomic E-state index is -3.41. The summed E-state index contributed by atoms with van der Waals surface area (Å²) < 4.78 is 26.7. The van der Waals surface area contributed by atoms with Gasteiger partial charge in [-0.3, -0.25) is 4.79 Å². The van der Waals surface area contributed by atoms with Crippen molar-refractivity contribution in [3.8, 4) is 0 Å². The summed E-state index contributed by atoms with van der Waals surface area (Å²) in [6.07, 6.45) is 2.73. The Bertz CT molecular complexity index is 650. The van der Waals surface area contributed by atoms with E-state index in [9.17, 15) is 13.2 Å². The topological polar surface area (TPSA) is 101 Å². The van der Waals surface area contributed by atoms with Crippen LogP contribution in [0.3, 0.4) is 0 Å². The second-order valence-corrected chi connectivity index (χ2v) is 8.52. The normalized spacial score (nSPS) is 14.8. The fourth-order valence-corrected chi connectivity index (χ4v) is 3.30. The molecule has 1 amide bonds. The first-order valence-corrected chi connectivity index (χ1v) is 9.31. The van der Waals surface area contributed by atoms with Crippen molar-refractivity contribution in [2.24, 2.45) is 5.73 Å². The van der Waals surface area contributed by atoms with Crippen LogP contribution in [0.4, 0.5) is 0 Å². The highest BCUT2D eigenvalue weighted by Gasteiger charge is 2.27. The van der Waals surface area contributed by atoms with E-state index in [1.54, 1.807) is 24.3 Å². The van der Waals surface area contributed by atoms with Crippen molar-refractivity contribution in [3.63, 3.8) is 0 Å². The van der Waals surface area contributed by atoms with Crippen LogP contribution < -0.4 is 15.8 Å². The predicted molar refractivity (Wildman–Crippen MR) is 96.6 cm³/mol. The van der Waals surface area contributed by atoms with Crippen LogP contribution in [0.5, 0.6) is 0 Å². The number of benzene rings is 1. The van der Waals surface area contributed by atoms with Crippen molar-refractivity contribution in [2.45, 2.75) is 56.0 Å². The Morgan fingerprint density at radius 2 is 1.83 bits per heavy atom. The van der Waals surface area contributed by atoms with E-state index >= 15 is 0 Å². The maximum atomic E-state index is 12.1. The van der Waals surface area contributed by atoms with Crippen molar-refractivity contribution < 1.29 is 13.2 Å². The lowest BCUT2D eigenvalue weighted by Gasteiger charge is -2.18. The summed E-state index contributed by atoms with van der Waals surface area (Å²) in [5.74, 6) is -0.0596. The molecule has 0 heterocycles. The maximum Gasteiger partial charge on any atom is 0.240 e. The maximum absolute atomic E-state index is 12.1. The molecular weight excluding hydrogens is 350 g/mol. The summed E-state index contributed by atoms with van der Waals surface area (Å²) >= 11 is 0. The fraction of sp³-hybridized carbons (Fsp3) is 0.562. The van der Waals surface area contributed by atoms with E-state index in [1.807, 2.05) is 13.8 Å². The molecule has 0 unspecified atom stereocenters. The van der Waals surface area contributed by atoms with Gasteiger partial charge in [0.2, 0.25) is 15.9 Å². The van der Waals surface area contributed by atoms with Gasteiger partial charge in [0.05, 0.1) is 4.90 Å². The van der Waals surface area contributed by atoms with Gasteiger partial charge < -0.3 is 11.1 Å². The molecule has 0 spiro atoms. The lowest BCUT2D eigenvalue weighted by Crippen LogP contribution is -2.45. The average molecular weight is 376 g/mol. The number of hydrogen-bond donors (Lipinski definition) is 3. The Labute approximate surface area is 150 Å². The standard InChI is InChI=1S/C16H25N3O3S.ClH/c1-16(2,17)11-18-15(20)10-5-12-3-8-14(9-4-12)23(21,22)19-13-6-7-13;/h3-4,8-9,13,19H,5-7,10-11,17H2,1-2H3,(H,18,20);1H. The first-order valence-electron chi connectivity index (χ1n) is 7.83. The van der Waals surface area contributed by atoms with Crippen LogP contribution in [-0.4, -0.2) is 32.5 Å². The number of rotatable bonds is 8. The third kappa shape index (κ3) is 7.17. The molecule has 1 saturated carbocycles. The Morgan fingerprint density at radius 1 is 1.25 bits per heavy atom. The first-order chi connectivity index (χ1) is 10.7. The fourth-order valence-electron chi connectivity index (χ4n) is 2.00. The van der Waals surface area contributed by atoms with E-state index < -0.39 is 15.6 Å². The number of carbonyl (C=O) groups is 1. The summed E-state index contributed by atoms with van der Waals surface area (Å²) in [6, 6.07) is 6.76. The molecule has 0 aromatic heterocycles. The van der Waals surface area contributed by atoms with E-state index in [0.29, 0.717) is 19.4 Å². The van der Waals surface area contributed by atoms with E-state index in [4.69, 9.17) is 5.73 Å². The van der Waals surface area contributed by atoms with Gasteiger partial charge in [0.15, 0.2) is 0 Å². The van der Waals surface area contributed by atoms with Crippen molar-refractivity contribution >= 4 is 28.3 Å².